The summed E-state index contributed by atoms with van der Waals surface area (Å²) >= 11 is 0. The Morgan fingerprint density at radius 3 is 2.52 bits per heavy atom. The van der Waals surface area contributed by atoms with Crippen molar-refractivity contribution in [2.75, 3.05) is 18.0 Å². The van der Waals surface area contributed by atoms with Crippen molar-refractivity contribution >= 4 is 11.6 Å². The van der Waals surface area contributed by atoms with Gasteiger partial charge in [0.15, 0.2) is 0 Å². The summed E-state index contributed by atoms with van der Waals surface area (Å²) in [6.45, 7) is 8.28. The third kappa shape index (κ3) is 4.94. The molecule has 2 heterocycles. The van der Waals surface area contributed by atoms with Gasteiger partial charge in [0.1, 0.15) is 17.4 Å². The molecular formula is C23H29FN2O. The lowest BCUT2D eigenvalue weighted by Crippen LogP contribution is -2.34. The van der Waals surface area contributed by atoms with Crippen LogP contribution in [0, 0.1) is 18.7 Å². The topological polar surface area (TPSA) is 33.2 Å². The molecule has 1 saturated heterocycles. The SMILES string of the molecule is Cc1ccc(CCC(=O)C(C)c2ccc(F)cc2)c(N2CCC(C)CC2)n1. The smallest absolute Gasteiger partial charge is 0.140 e. The fourth-order valence-corrected chi connectivity index (χ4v) is 3.67. The van der Waals surface area contributed by atoms with Crippen LogP contribution in [0.25, 0.3) is 0 Å². The maximum atomic E-state index is 13.1. The molecule has 1 aromatic heterocycles. The van der Waals surface area contributed by atoms with Crippen LogP contribution in [-0.2, 0) is 11.2 Å². The molecule has 1 aliphatic rings. The number of halogens is 1. The molecular weight excluding hydrogens is 339 g/mol. The Morgan fingerprint density at radius 1 is 1.19 bits per heavy atom. The average Bonchev–Trinajstić information content (AvgIpc) is 2.67. The van der Waals surface area contributed by atoms with Gasteiger partial charge in [-0.05, 0) is 61.4 Å². The molecule has 0 spiro atoms. The normalized spacial score (nSPS) is 16.4. The highest BCUT2D eigenvalue weighted by Gasteiger charge is 2.21. The fraction of sp³-hybridized carbons (Fsp3) is 0.478. The van der Waals surface area contributed by atoms with Crippen LogP contribution in [-0.4, -0.2) is 23.9 Å². The van der Waals surface area contributed by atoms with Crippen LogP contribution in [0.4, 0.5) is 10.2 Å². The van der Waals surface area contributed by atoms with Crippen molar-refractivity contribution in [3.05, 3.63) is 59.0 Å². The lowest BCUT2D eigenvalue weighted by atomic mass is 9.92. The number of carbonyl (C=O) groups excluding carboxylic acids is 1. The number of ketones is 1. The van der Waals surface area contributed by atoms with E-state index in [0.717, 1.165) is 41.6 Å². The van der Waals surface area contributed by atoms with Crippen molar-refractivity contribution in [1.82, 2.24) is 4.98 Å². The molecule has 2 aromatic rings. The minimum Gasteiger partial charge on any atom is -0.356 e. The van der Waals surface area contributed by atoms with Crippen LogP contribution in [0.15, 0.2) is 36.4 Å². The summed E-state index contributed by atoms with van der Waals surface area (Å²) in [5.41, 5.74) is 3.03. The van der Waals surface area contributed by atoms with Crippen molar-refractivity contribution in [3.63, 3.8) is 0 Å². The van der Waals surface area contributed by atoms with E-state index in [-0.39, 0.29) is 17.5 Å². The summed E-state index contributed by atoms with van der Waals surface area (Å²) in [4.78, 5) is 19.8. The van der Waals surface area contributed by atoms with Crippen LogP contribution in [0.5, 0.6) is 0 Å². The summed E-state index contributed by atoms with van der Waals surface area (Å²) in [5, 5.41) is 0. The quantitative estimate of drug-likeness (QED) is 0.714. The van der Waals surface area contributed by atoms with Gasteiger partial charge in [0.05, 0.1) is 0 Å². The second kappa shape index (κ2) is 8.64. The van der Waals surface area contributed by atoms with Gasteiger partial charge in [0.25, 0.3) is 0 Å². The Labute approximate surface area is 161 Å². The molecule has 1 unspecified atom stereocenters. The van der Waals surface area contributed by atoms with E-state index < -0.39 is 0 Å². The first-order chi connectivity index (χ1) is 12.9. The number of aromatic nitrogens is 1. The number of aryl methyl sites for hydroxylation is 2. The number of anilines is 1. The van der Waals surface area contributed by atoms with E-state index in [4.69, 9.17) is 4.98 Å². The number of carbonyl (C=O) groups is 1. The zero-order valence-corrected chi connectivity index (χ0v) is 16.5. The van der Waals surface area contributed by atoms with Crippen LogP contribution in [0.2, 0.25) is 0 Å². The van der Waals surface area contributed by atoms with E-state index in [1.165, 1.54) is 25.0 Å². The molecule has 1 fully saturated rings. The van der Waals surface area contributed by atoms with Crippen LogP contribution in [0.1, 0.15) is 55.8 Å². The van der Waals surface area contributed by atoms with Crippen molar-refractivity contribution in [2.45, 2.75) is 52.4 Å². The highest BCUT2D eigenvalue weighted by atomic mass is 19.1. The molecule has 1 atom stereocenters. The molecule has 1 aromatic carbocycles. The van der Waals surface area contributed by atoms with Gasteiger partial charge in [-0.25, -0.2) is 9.37 Å². The summed E-state index contributed by atoms with van der Waals surface area (Å²) in [6, 6.07) is 10.4. The maximum Gasteiger partial charge on any atom is 0.140 e. The van der Waals surface area contributed by atoms with Crippen molar-refractivity contribution in [3.8, 4) is 0 Å². The highest BCUT2D eigenvalue weighted by Crippen LogP contribution is 2.27. The van der Waals surface area contributed by atoms with Gasteiger partial charge in [0, 0.05) is 31.1 Å². The first-order valence-corrected chi connectivity index (χ1v) is 9.93. The molecule has 0 bridgehead atoms. The summed E-state index contributed by atoms with van der Waals surface area (Å²) in [5.74, 6) is 1.50. The number of Topliss-reactive ketones (excluding diaryl/α,β-unsaturated/α-hetero) is 1. The molecule has 27 heavy (non-hydrogen) atoms. The molecule has 0 radical (unpaired) electrons. The summed E-state index contributed by atoms with van der Waals surface area (Å²) in [6.07, 6.45) is 3.55. The van der Waals surface area contributed by atoms with Gasteiger partial charge >= 0.3 is 0 Å². The van der Waals surface area contributed by atoms with E-state index >= 15 is 0 Å². The molecule has 1 aliphatic heterocycles. The second-order valence-electron chi connectivity index (χ2n) is 7.84. The number of hydrogen-bond donors (Lipinski definition) is 0. The van der Waals surface area contributed by atoms with Gasteiger partial charge in [-0.1, -0.05) is 32.0 Å². The number of nitrogens with zero attached hydrogens (tertiary/aromatic N) is 2. The zero-order valence-electron chi connectivity index (χ0n) is 16.5. The van der Waals surface area contributed by atoms with Gasteiger partial charge in [-0.2, -0.15) is 0 Å². The lowest BCUT2D eigenvalue weighted by Gasteiger charge is -2.32. The van der Waals surface area contributed by atoms with Crippen molar-refractivity contribution < 1.29 is 9.18 Å². The first kappa shape index (κ1) is 19.5. The molecule has 4 heteroatoms. The Balaban J connectivity index is 1.68. The predicted octanol–water partition coefficient (Wildman–Crippen LogP) is 5.07. The molecule has 0 N–H and O–H groups in total. The number of pyridine rings is 1. The predicted molar refractivity (Wildman–Crippen MR) is 108 cm³/mol. The molecule has 0 saturated carbocycles. The Hall–Kier alpha value is -2.23. The van der Waals surface area contributed by atoms with E-state index in [9.17, 15) is 9.18 Å². The molecule has 0 aliphatic carbocycles. The van der Waals surface area contributed by atoms with Gasteiger partial charge in [-0.3, -0.25) is 4.79 Å². The van der Waals surface area contributed by atoms with Crippen LogP contribution in [0.3, 0.4) is 0 Å². The van der Waals surface area contributed by atoms with Gasteiger partial charge in [-0.15, -0.1) is 0 Å². The maximum absolute atomic E-state index is 13.1. The third-order valence-corrected chi connectivity index (χ3v) is 5.67. The standard InChI is InChI=1S/C23H29FN2O/c1-16-12-14-26(15-13-16)23-20(5-4-17(2)25-23)8-11-22(27)18(3)19-6-9-21(24)10-7-19/h4-7,9-10,16,18H,8,11-15H2,1-3H3. The minimum atomic E-state index is -0.273. The van der Waals surface area contributed by atoms with E-state index in [1.54, 1.807) is 12.1 Å². The average molecular weight is 368 g/mol. The van der Waals surface area contributed by atoms with Gasteiger partial charge < -0.3 is 4.90 Å². The number of hydrogen-bond acceptors (Lipinski definition) is 3. The summed E-state index contributed by atoms with van der Waals surface area (Å²) in [7, 11) is 0. The molecule has 0 amide bonds. The largest absolute Gasteiger partial charge is 0.356 e. The minimum absolute atomic E-state index is 0.181. The van der Waals surface area contributed by atoms with Crippen LogP contribution < -0.4 is 4.90 Å². The van der Waals surface area contributed by atoms with Crippen molar-refractivity contribution in [2.24, 2.45) is 5.92 Å². The monoisotopic (exact) mass is 368 g/mol. The Kier molecular flexibility index (Phi) is 6.25. The molecule has 3 rings (SSSR count). The summed E-state index contributed by atoms with van der Waals surface area (Å²) < 4.78 is 13.1. The molecule has 3 nitrogen and oxygen atoms in total. The van der Waals surface area contributed by atoms with E-state index in [0.29, 0.717) is 12.8 Å². The third-order valence-electron chi connectivity index (χ3n) is 5.67. The van der Waals surface area contributed by atoms with E-state index in [2.05, 4.69) is 17.9 Å². The Morgan fingerprint density at radius 2 is 1.85 bits per heavy atom. The second-order valence-corrected chi connectivity index (χ2v) is 7.84. The van der Waals surface area contributed by atoms with Gasteiger partial charge in [0.2, 0.25) is 0 Å². The number of piperidine rings is 1. The van der Waals surface area contributed by atoms with Crippen molar-refractivity contribution in [1.29, 1.82) is 0 Å². The first-order valence-electron chi connectivity index (χ1n) is 9.93. The molecule has 144 valence electrons. The van der Waals surface area contributed by atoms with E-state index in [1.807, 2.05) is 19.9 Å². The van der Waals surface area contributed by atoms with Crippen LogP contribution >= 0.6 is 0 Å². The lowest BCUT2D eigenvalue weighted by molar-refractivity contribution is -0.120. The zero-order chi connectivity index (χ0) is 19.4. The fourth-order valence-electron chi connectivity index (χ4n) is 3.67. The number of benzene rings is 1. The highest BCUT2D eigenvalue weighted by molar-refractivity contribution is 5.85. The Bertz CT molecular complexity index is 779. The number of rotatable bonds is 6.